The predicted octanol–water partition coefficient (Wildman–Crippen LogP) is 3.33. The van der Waals surface area contributed by atoms with Crippen molar-refractivity contribution in [1.82, 2.24) is 25.1 Å². The van der Waals surface area contributed by atoms with Gasteiger partial charge in [0.15, 0.2) is 17.3 Å². The summed E-state index contributed by atoms with van der Waals surface area (Å²) in [4.78, 5) is 32.8. The molecule has 1 unspecified atom stereocenters. The molecule has 180 valence electrons. The molecule has 3 rings (SSSR count). The van der Waals surface area contributed by atoms with Crippen LogP contribution in [0.1, 0.15) is 57.2 Å². The number of hydrogen-bond acceptors (Lipinski definition) is 4. The Labute approximate surface area is 193 Å². The van der Waals surface area contributed by atoms with E-state index in [9.17, 15) is 18.4 Å². The Bertz CT molecular complexity index is 1040. The van der Waals surface area contributed by atoms with E-state index >= 15 is 0 Å². The van der Waals surface area contributed by atoms with E-state index < -0.39 is 29.0 Å². The van der Waals surface area contributed by atoms with Gasteiger partial charge in [0.2, 0.25) is 5.91 Å². The van der Waals surface area contributed by atoms with Crippen LogP contribution in [0.2, 0.25) is 0 Å². The van der Waals surface area contributed by atoms with Gasteiger partial charge in [-0.1, -0.05) is 20.8 Å². The highest BCUT2D eigenvalue weighted by Crippen LogP contribution is 2.29. The number of nitrogens with one attached hydrogen (secondary N) is 2. The molecule has 7 nitrogen and oxygen atoms in total. The van der Waals surface area contributed by atoms with Gasteiger partial charge >= 0.3 is 0 Å². The minimum Gasteiger partial charge on any atom is -0.355 e. The fraction of sp³-hybridized carbons (Fsp3) is 0.542. The molecule has 0 saturated heterocycles. The highest BCUT2D eigenvalue weighted by molar-refractivity contribution is 5.98. The molecule has 1 aromatic heterocycles. The molecule has 0 bridgehead atoms. The predicted molar refractivity (Wildman–Crippen MR) is 123 cm³/mol. The summed E-state index contributed by atoms with van der Waals surface area (Å²) in [7, 11) is 1.97. The lowest BCUT2D eigenvalue weighted by Gasteiger charge is -2.30. The minimum absolute atomic E-state index is 0.189. The molecule has 0 spiro atoms. The maximum absolute atomic E-state index is 14.0. The van der Waals surface area contributed by atoms with Gasteiger partial charge in [-0.05, 0) is 50.9 Å². The molecule has 1 aromatic carbocycles. The third-order valence-corrected chi connectivity index (χ3v) is 6.14. The monoisotopic (exact) mass is 461 g/mol. The number of carbonyl (C=O) groups is 2. The second-order valence-corrected chi connectivity index (χ2v) is 9.73. The number of rotatable bonds is 5. The molecule has 2 N–H and O–H groups in total. The van der Waals surface area contributed by atoms with E-state index in [1.807, 2.05) is 39.3 Å². The quantitative estimate of drug-likeness (QED) is 0.716. The number of carbonyl (C=O) groups excluding carboxylic acids is 2. The van der Waals surface area contributed by atoms with Crippen molar-refractivity contribution in [3.05, 3.63) is 41.2 Å². The Morgan fingerprint density at radius 3 is 2.55 bits per heavy atom. The minimum atomic E-state index is -0.973. The number of aromatic nitrogens is 2. The van der Waals surface area contributed by atoms with Crippen LogP contribution in [0.15, 0.2) is 18.2 Å². The van der Waals surface area contributed by atoms with Crippen LogP contribution in [0, 0.1) is 17.0 Å². The molecule has 0 fully saturated rings. The molecule has 2 heterocycles. The molecule has 0 radical (unpaired) electrons. The number of fused-ring (bicyclic) bond motifs is 1. The van der Waals surface area contributed by atoms with Crippen molar-refractivity contribution in [1.29, 1.82) is 0 Å². The molecular formula is C24H33F2N5O2. The Morgan fingerprint density at radius 1 is 1.24 bits per heavy atom. The van der Waals surface area contributed by atoms with E-state index in [2.05, 4.69) is 27.4 Å². The number of halogens is 2. The highest BCUT2D eigenvalue weighted by atomic mass is 19.2. The lowest BCUT2D eigenvalue weighted by atomic mass is 9.86. The van der Waals surface area contributed by atoms with Gasteiger partial charge in [0, 0.05) is 31.2 Å². The van der Waals surface area contributed by atoms with Crippen LogP contribution in [-0.4, -0.2) is 51.9 Å². The molecular weight excluding hydrogens is 428 g/mol. The Morgan fingerprint density at radius 2 is 1.94 bits per heavy atom. The van der Waals surface area contributed by atoms with Crippen molar-refractivity contribution in [2.75, 3.05) is 13.6 Å². The van der Waals surface area contributed by atoms with Gasteiger partial charge in [0.25, 0.3) is 5.91 Å². The number of hydrogen-bond donors (Lipinski definition) is 2. The Balaban J connectivity index is 2.07. The maximum Gasteiger partial charge on any atom is 0.272 e. The van der Waals surface area contributed by atoms with Gasteiger partial charge in [-0.3, -0.25) is 14.5 Å². The molecule has 0 aliphatic carbocycles. The van der Waals surface area contributed by atoms with Crippen LogP contribution in [0.5, 0.6) is 0 Å². The molecule has 2 atom stereocenters. The standard InChI is InChI=1S/C24H33F2N5O2/c1-7-27-23(33)20(24(3,4)5)29-22(32)19-18-13-30(6)14(2)10-11-31(18)21(28-19)15-8-9-16(25)17(26)12-15/h8-9,12,14,20H,7,10-11,13H2,1-6H3,(H,27,33)(H,29,32)/t14?,20-/m1/s1. The third kappa shape index (κ3) is 5.24. The van der Waals surface area contributed by atoms with Gasteiger partial charge in [0.1, 0.15) is 11.9 Å². The summed E-state index contributed by atoms with van der Waals surface area (Å²) >= 11 is 0. The van der Waals surface area contributed by atoms with Crippen LogP contribution >= 0.6 is 0 Å². The van der Waals surface area contributed by atoms with Crippen LogP contribution in [0.4, 0.5) is 8.78 Å². The fourth-order valence-corrected chi connectivity index (χ4v) is 4.00. The van der Waals surface area contributed by atoms with Crippen molar-refractivity contribution in [2.45, 2.75) is 66.2 Å². The average Bonchev–Trinajstić information content (AvgIpc) is 3.02. The first-order chi connectivity index (χ1) is 15.4. The van der Waals surface area contributed by atoms with E-state index in [-0.39, 0.29) is 17.6 Å². The zero-order valence-corrected chi connectivity index (χ0v) is 20.1. The number of benzene rings is 1. The van der Waals surface area contributed by atoms with E-state index in [4.69, 9.17) is 0 Å². The van der Waals surface area contributed by atoms with Crippen molar-refractivity contribution < 1.29 is 18.4 Å². The van der Waals surface area contributed by atoms with Crippen LogP contribution in [0.25, 0.3) is 11.4 Å². The molecule has 0 saturated carbocycles. The van der Waals surface area contributed by atoms with E-state index in [1.54, 1.807) is 0 Å². The number of likely N-dealkylation sites (N-methyl/N-ethyl adjacent to an activating group) is 1. The fourth-order valence-electron chi connectivity index (χ4n) is 4.00. The van der Waals surface area contributed by atoms with Crippen LogP contribution in [-0.2, 0) is 17.9 Å². The van der Waals surface area contributed by atoms with Crippen molar-refractivity contribution in [3.8, 4) is 11.4 Å². The Kier molecular flexibility index (Phi) is 7.21. The molecule has 2 aromatic rings. The van der Waals surface area contributed by atoms with Gasteiger partial charge in [0.05, 0.1) is 5.69 Å². The zero-order valence-electron chi connectivity index (χ0n) is 20.1. The lowest BCUT2D eigenvalue weighted by Crippen LogP contribution is -2.53. The number of amides is 2. The first kappa shape index (κ1) is 24.8. The summed E-state index contributed by atoms with van der Waals surface area (Å²) in [6.07, 6.45) is 0.807. The lowest BCUT2D eigenvalue weighted by molar-refractivity contribution is -0.125. The highest BCUT2D eigenvalue weighted by Gasteiger charge is 2.35. The first-order valence-corrected chi connectivity index (χ1v) is 11.3. The second kappa shape index (κ2) is 9.59. The summed E-state index contributed by atoms with van der Waals surface area (Å²) in [6.45, 7) is 11.0. The first-order valence-electron chi connectivity index (χ1n) is 11.3. The largest absolute Gasteiger partial charge is 0.355 e. The molecule has 1 aliphatic heterocycles. The van der Waals surface area contributed by atoms with Gasteiger partial charge in [-0.2, -0.15) is 0 Å². The van der Waals surface area contributed by atoms with Crippen molar-refractivity contribution in [2.24, 2.45) is 5.41 Å². The normalized spacial score (nSPS) is 17.8. The van der Waals surface area contributed by atoms with Crippen LogP contribution in [0.3, 0.4) is 0 Å². The number of nitrogens with zero attached hydrogens (tertiary/aromatic N) is 3. The smallest absolute Gasteiger partial charge is 0.272 e. The topological polar surface area (TPSA) is 79.3 Å². The summed E-state index contributed by atoms with van der Waals surface area (Å²) in [5.41, 5.74) is 0.735. The summed E-state index contributed by atoms with van der Waals surface area (Å²) < 4.78 is 29.4. The number of imidazole rings is 1. The van der Waals surface area contributed by atoms with E-state index in [1.165, 1.54) is 6.07 Å². The molecule has 33 heavy (non-hydrogen) atoms. The third-order valence-electron chi connectivity index (χ3n) is 6.14. The van der Waals surface area contributed by atoms with Crippen molar-refractivity contribution >= 4 is 11.8 Å². The van der Waals surface area contributed by atoms with Crippen molar-refractivity contribution in [3.63, 3.8) is 0 Å². The summed E-state index contributed by atoms with van der Waals surface area (Å²) in [5, 5.41) is 5.63. The second-order valence-electron chi connectivity index (χ2n) is 9.73. The summed E-state index contributed by atoms with van der Waals surface area (Å²) in [6, 6.07) is 3.10. The van der Waals surface area contributed by atoms with E-state index in [0.29, 0.717) is 36.7 Å². The molecule has 1 aliphatic rings. The van der Waals surface area contributed by atoms with Gasteiger partial charge < -0.3 is 15.2 Å². The SMILES string of the molecule is CCNC(=O)[C@@H](NC(=O)c1nc(-c2ccc(F)c(F)c2)n2c1CN(C)C(C)CC2)C(C)(C)C. The Hall–Kier alpha value is -2.81. The van der Waals surface area contributed by atoms with E-state index in [0.717, 1.165) is 18.6 Å². The van der Waals surface area contributed by atoms with Gasteiger partial charge in [-0.25, -0.2) is 13.8 Å². The molecule has 9 heteroatoms. The summed E-state index contributed by atoms with van der Waals surface area (Å²) in [5.74, 6) is -2.25. The van der Waals surface area contributed by atoms with Crippen LogP contribution < -0.4 is 10.6 Å². The van der Waals surface area contributed by atoms with Gasteiger partial charge in [-0.15, -0.1) is 0 Å². The zero-order chi connectivity index (χ0) is 24.5. The average molecular weight is 462 g/mol. The molecule has 2 amide bonds. The maximum atomic E-state index is 14.0.